The van der Waals surface area contributed by atoms with Gasteiger partial charge in [0.1, 0.15) is 0 Å². The van der Waals surface area contributed by atoms with Crippen LogP contribution >= 0.6 is 0 Å². The monoisotopic (exact) mass is 229 g/mol. The molecule has 3 heteroatoms. The highest BCUT2D eigenvalue weighted by molar-refractivity contribution is 5.94. The molecule has 0 saturated heterocycles. The molecule has 88 valence electrons. The molecule has 0 radical (unpaired) electrons. The second-order valence-electron chi connectivity index (χ2n) is 4.10. The number of rotatable bonds is 3. The third-order valence-corrected chi connectivity index (χ3v) is 2.53. The van der Waals surface area contributed by atoms with Crippen molar-refractivity contribution in [3.05, 3.63) is 35.4 Å². The van der Waals surface area contributed by atoms with Crippen LogP contribution in [0.4, 0.5) is 0 Å². The van der Waals surface area contributed by atoms with Crippen LogP contribution in [0.25, 0.3) is 0 Å². The fourth-order valence-corrected chi connectivity index (χ4v) is 1.42. The summed E-state index contributed by atoms with van der Waals surface area (Å²) in [5.74, 6) is 5.75. The minimum absolute atomic E-state index is 0.0117. The van der Waals surface area contributed by atoms with Crippen LogP contribution in [0.5, 0.6) is 0 Å². The molecule has 0 aromatic heterocycles. The van der Waals surface area contributed by atoms with E-state index in [0.29, 0.717) is 18.0 Å². The highest BCUT2D eigenvalue weighted by Gasteiger charge is 2.23. The van der Waals surface area contributed by atoms with Crippen LogP contribution in [0.15, 0.2) is 24.3 Å². The Bertz CT molecular complexity index is 449. The van der Waals surface area contributed by atoms with Gasteiger partial charge in [0.25, 0.3) is 5.91 Å². The van der Waals surface area contributed by atoms with Crippen molar-refractivity contribution >= 4 is 5.91 Å². The lowest BCUT2D eigenvalue weighted by atomic mass is 10.1. The predicted octanol–water partition coefficient (Wildman–Crippen LogP) is 1.31. The van der Waals surface area contributed by atoms with Gasteiger partial charge in [-0.15, -0.1) is 0 Å². The lowest BCUT2D eigenvalue weighted by molar-refractivity contribution is 0.0951. The van der Waals surface area contributed by atoms with Crippen LogP contribution in [-0.4, -0.2) is 23.7 Å². The second-order valence-corrected chi connectivity index (χ2v) is 4.10. The fourth-order valence-electron chi connectivity index (χ4n) is 1.42. The largest absolute Gasteiger partial charge is 0.395 e. The number of carbonyl (C=O) groups excluding carboxylic acids is 1. The van der Waals surface area contributed by atoms with E-state index in [1.165, 1.54) is 0 Å². The Morgan fingerprint density at radius 1 is 1.35 bits per heavy atom. The van der Waals surface area contributed by atoms with E-state index in [2.05, 4.69) is 17.2 Å². The molecule has 1 aromatic carbocycles. The van der Waals surface area contributed by atoms with Gasteiger partial charge in [-0.05, 0) is 37.1 Å². The zero-order chi connectivity index (χ0) is 12.1. The van der Waals surface area contributed by atoms with Crippen molar-refractivity contribution in [1.82, 2.24) is 5.32 Å². The Morgan fingerprint density at radius 2 is 2.06 bits per heavy atom. The maximum atomic E-state index is 11.7. The van der Waals surface area contributed by atoms with Crippen molar-refractivity contribution in [2.45, 2.75) is 25.3 Å². The van der Waals surface area contributed by atoms with Crippen molar-refractivity contribution in [2.24, 2.45) is 0 Å². The van der Waals surface area contributed by atoms with Gasteiger partial charge in [0.05, 0.1) is 6.61 Å². The molecule has 2 rings (SSSR count). The van der Waals surface area contributed by atoms with Gasteiger partial charge in [0.2, 0.25) is 0 Å². The molecule has 0 unspecified atom stereocenters. The molecule has 17 heavy (non-hydrogen) atoms. The minimum Gasteiger partial charge on any atom is -0.395 e. The minimum atomic E-state index is -0.0117. The average Bonchev–Trinajstić information content (AvgIpc) is 3.14. The first-order valence-corrected chi connectivity index (χ1v) is 5.80. The van der Waals surface area contributed by atoms with E-state index < -0.39 is 0 Å². The van der Waals surface area contributed by atoms with E-state index in [0.717, 1.165) is 18.4 Å². The summed E-state index contributed by atoms with van der Waals surface area (Å²) in [5, 5.41) is 11.5. The smallest absolute Gasteiger partial charge is 0.251 e. The molecule has 1 aliphatic carbocycles. The molecule has 0 atom stereocenters. The molecule has 0 spiro atoms. The summed E-state index contributed by atoms with van der Waals surface area (Å²) in [6, 6.07) is 7.59. The number of benzene rings is 1. The molecule has 1 fully saturated rings. The first-order chi connectivity index (χ1) is 8.29. The quantitative estimate of drug-likeness (QED) is 0.768. The van der Waals surface area contributed by atoms with Gasteiger partial charge in [0, 0.05) is 23.6 Å². The van der Waals surface area contributed by atoms with Gasteiger partial charge in [0.15, 0.2) is 0 Å². The summed E-state index contributed by atoms with van der Waals surface area (Å²) in [7, 11) is 0. The lowest BCUT2D eigenvalue weighted by Crippen LogP contribution is -2.25. The van der Waals surface area contributed by atoms with E-state index in [-0.39, 0.29) is 12.5 Å². The summed E-state index contributed by atoms with van der Waals surface area (Å²) in [6.07, 6.45) is 2.66. The second kappa shape index (κ2) is 5.51. The predicted molar refractivity (Wildman–Crippen MR) is 65.5 cm³/mol. The highest BCUT2D eigenvalue weighted by Crippen LogP contribution is 2.19. The maximum Gasteiger partial charge on any atom is 0.251 e. The first-order valence-electron chi connectivity index (χ1n) is 5.80. The molecule has 1 saturated carbocycles. The Balaban J connectivity index is 1.97. The first kappa shape index (κ1) is 11.7. The summed E-state index contributed by atoms with van der Waals surface area (Å²) in [4.78, 5) is 11.7. The number of aliphatic hydroxyl groups is 1. The lowest BCUT2D eigenvalue weighted by Gasteiger charge is -2.02. The normalized spacial score (nSPS) is 13.7. The van der Waals surface area contributed by atoms with Crippen LogP contribution < -0.4 is 5.32 Å². The number of hydrogen-bond acceptors (Lipinski definition) is 2. The van der Waals surface area contributed by atoms with Gasteiger partial charge < -0.3 is 10.4 Å². The summed E-state index contributed by atoms with van der Waals surface area (Å²) < 4.78 is 0. The summed E-state index contributed by atoms with van der Waals surface area (Å²) >= 11 is 0. The molecule has 0 heterocycles. The SMILES string of the molecule is O=C(NC1CC1)c1ccc(C#CCCO)cc1. The molecule has 1 aliphatic rings. The number of nitrogens with one attached hydrogen (secondary N) is 1. The van der Waals surface area contributed by atoms with Crippen molar-refractivity contribution in [1.29, 1.82) is 0 Å². The van der Waals surface area contributed by atoms with Crippen molar-refractivity contribution in [2.75, 3.05) is 6.61 Å². The average molecular weight is 229 g/mol. The Labute approximate surface area is 101 Å². The summed E-state index contributed by atoms with van der Waals surface area (Å²) in [5.41, 5.74) is 1.53. The number of amides is 1. The molecule has 3 nitrogen and oxygen atoms in total. The van der Waals surface area contributed by atoms with E-state index in [9.17, 15) is 4.79 Å². The third kappa shape index (κ3) is 3.61. The summed E-state index contributed by atoms with van der Waals surface area (Å²) in [6.45, 7) is 0.0783. The van der Waals surface area contributed by atoms with E-state index >= 15 is 0 Å². The number of hydrogen-bond donors (Lipinski definition) is 2. The van der Waals surface area contributed by atoms with Gasteiger partial charge in [-0.3, -0.25) is 4.79 Å². The zero-order valence-electron chi connectivity index (χ0n) is 9.57. The van der Waals surface area contributed by atoms with Crippen molar-refractivity contribution in [3.63, 3.8) is 0 Å². The highest BCUT2D eigenvalue weighted by atomic mass is 16.2. The number of aliphatic hydroxyl groups excluding tert-OH is 1. The molecule has 2 N–H and O–H groups in total. The number of carbonyl (C=O) groups is 1. The van der Waals surface area contributed by atoms with Crippen molar-refractivity contribution < 1.29 is 9.90 Å². The van der Waals surface area contributed by atoms with Crippen LogP contribution in [-0.2, 0) is 0 Å². The van der Waals surface area contributed by atoms with Gasteiger partial charge in [-0.2, -0.15) is 0 Å². The van der Waals surface area contributed by atoms with E-state index in [1.54, 1.807) is 12.1 Å². The van der Waals surface area contributed by atoms with Gasteiger partial charge in [-0.1, -0.05) is 11.8 Å². The fraction of sp³-hybridized carbons (Fsp3) is 0.357. The maximum absolute atomic E-state index is 11.7. The van der Waals surface area contributed by atoms with Crippen LogP contribution in [0, 0.1) is 11.8 Å². The van der Waals surface area contributed by atoms with Gasteiger partial charge in [-0.25, -0.2) is 0 Å². The third-order valence-electron chi connectivity index (χ3n) is 2.53. The topological polar surface area (TPSA) is 49.3 Å². The van der Waals surface area contributed by atoms with E-state index in [1.807, 2.05) is 12.1 Å². The molecule has 1 amide bonds. The van der Waals surface area contributed by atoms with Crippen molar-refractivity contribution in [3.8, 4) is 11.8 Å². The Hall–Kier alpha value is -1.79. The van der Waals surface area contributed by atoms with Gasteiger partial charge >= 0.3 is 0 Å². The Kier molecular flexibility index (Phi) is 3.79. The Morgan fingerprint density at radius 3 is 2.65 bits per heavy atom. The van der Waals surface area contributed by atoms with Crippen LogP contribution in [0.2, 0.25) is 0 Å². The zero-order valence-corrected chi connectivity index (χ0v) is 9.57. The van der Waals surface area contributed by atoms with Crippen LogP contribution in [0.3, 0.4) is 0 Å². The standard InChI is InChI=1S/C14H15NO2/c16-10-2-1-3-11-4-6-12(7-5-11)14(17)15-13-8-9-13/h4-7,13,16H,2,8-10H2,(H,15,17). The van der Waals surface area contributed by atoms with Crippen LogP contribution in [0.1, 0.15) is 35.2 Å². The molecule has 0 aliphatic heterocycles. The molecular weight excluding hydrogens is 214 g/mol. The van der Waals surface area contributed by atoms with E-state index in [4.69, 9.17) is 5.11 Å². The molecule has 0 bridgehead atoms. The molecular formula is C14H15NO2. The molecule has 1 aromatic rings.